The molecule has 3 heterocycles. The molecule has 4 rings (SSSR count). The SMILES string of the molecule is CC(C)C(=O)N1CCC(Oc2ccc(NC(=O)N3CC(c4cccnc4)C3)cc2)C1. The fourth-order valence-corrected chi connectivity index (χ4v) is 3.87. The highest BCUT2D eigenvalue weighted by atomic mass is 16.5. The van der Waals surface area contributed by atoms with Crippen LogP contribution in [0.1, 0.15) is 31.7 Å². The Morgan fingerprint density at radius 3 is 2.53 bits per heavy atom. The highest BCUT2D eigenvalue weighted by molar-refractivity contribution is 5.90. The number of aromatic nitrogens is 1. The standard InChI is InChI=1S/C23H28N4O3/c1-16(2)22(28)26-11-9-21(15-26)30-20-7-5-19(6-8-20)25-23(29)27-13-18(14-27)17-4-3-10-24-12-17/h3-8,10,12,16,18,21H,9,11,13-15H2,1-2H3,(H,25,29). The maximum absolute atomic E-state index is 12.4. The predicted molar refractivity (Wildman–Crippen MR) is 114 cm³/mol. The van der Waals surface area contributed by atoms with E-state index < -0.39 is 0 Å². The van der Waals surface area contributed by atoms with Crippen LogP contribution in [0.2, 0.25) is 0 Å². The molecular formula is C23H28N4O3. The van der Waals surface area contributed by atoms with Crippen molar-refractivity contribution in [2.75, 3.05) is 31.5 Å². The maximum atomic E-state index is 12.4. The van der Waals surface area contributed by atoms with Gasteiger partial charge >= 0.3 is 6.03 Å². The quantitative estimate of drug-likeness (QED) is 0.823. The van der Waals surface area contributed by atoms with Crippen LogP contribution < -0.4 is 10.1 Å². The Morgan fingerprint density at radius 1 is 1.10 bits per heavy atom. The van der Waals surface area contributed by atoms with Crippen LogP contribution in [0.15, 0.2) is 48.8 Å². The summed E-state index contributed by atoms with van der Waals surface area (Å²) in [7, 11) is 0. The van der Waals surface area contributed by atoms with E-state index in [1.54, 1.807) is 11.1 Å². The molecule has 0 spiro atoms. The van der Waals surface area contributed by atoms with Crippen LogP contribution in [0.4, 0.5) is 10.5 Å². The number of ether oxygens (including phenoxy) is 1. The van der Waals surface area contributed by atoms with Crippen LogP contribution in [0.5, 0.6) is 5.75 Å². The third-order valence-corrected chi connectivity index (χ3v) is 5.68. The summed E-state index contributed by atoms with van der Waals surface area (Å²) in [4.78, 5) is 32.3. The number of hydrogen-bond donors (Lipinski definition) is 1. The van der Waals surface area contributed by atoms with Gasteiger partial charge in [0.05, 0.1) is 6.54 Å². The van der Waals surface area contributed by atoms with Gasteiger partial charge in [0.15, 0.2) is 0 Å². The minimum atomic E-state index is -0.0950. The normalized spacial score (nSPS) is 19.0. The molecular weight excluding hydrogens is 380 g/mol. The van der Waals surface area contributed by atoms with Gasteiger partial charge in [0.1, 0.15) is 11.9 Å². The number of pyridine rings is 1. The molecule has 3 amide bonds. The number of hydrogen-bond acceptors (Lipinski definition) is 4. The Labute approximate surface area is 177 Å². The van der Waals surface area contributed by atoms with Gasteiger partial charge in [-0.25, -0.2) is 4.79 Å². The van der Waals surface area contributed by atoms with Crippen molar-refractivity contribution in [3.8, 4) is 5.75 Å². The van der Waals surface area contributed by atoms with Crippen molar-refractivity contribution in [3.05, 3.63) is 54.4 Å². The number of nitrogens with zero attached hydrogens (tertiary/aromatic N) is 3. The Morgan fingerprint density at radius 2 is 1.87 bits per heavy atom. The van der Waals surface area contributed by atoms with E-state index in [1.807, 2.05) is 61.3 Å². The van der Waals surface area contributed by atoms with E-state index >= 15 is 0 Å². The number of anilines is 1. The number of benzene rings is 1. The van der Waals surface area contributed by atoms with E-state index in [0.29, 0.717) is 25.6 Å². The molecule has 1 atom stereocenters. The topological polar surface area (TPSA) is 74.8 Å². The number of rotatable bonds is 5. The lowest BCUT2D eigenvalue weighted by Gasteiger charge is -2.39. The van der Waals surface area contributed by atoms with E-state index in [-0.39, 0.29) is 24.0 Å². The molecule has 0 radical (unpaired) electrons. The zero-order chi connectivity index (χ0) is 21.1. The summed E-state index contributed by atoms with van der Waals surface area (Å²) < 4.78 is 6.02. The zero-order valence-corrected chi connectivity index (χ0v) is 17.5. The number of nitrogens with one attached hydrogen (secondary N) is 1. The van der Waals surface area contributed by atoms with E-state index in [0.717, 1.165) is 24.4 Å². The molecule has 30 heavy (non-hydrogen) atoms. The first-order valence-corrected chi connectivity index (χ1v) is 10.5. The van der Waals surface area contributed by atoms with Gasteiger partial charge in [-0.2, -0.15) is 0 Å². The molecule has 2 saturated heterocycles. The van der Waals surface area contributed by atoms with Gasteiger partial charge in [-0.3, -0.25) is 9.78 Å². The first kappa shape index (κ1) is 20.2. The molecule has 2 aromatic rings. The van der Waals surface area contributed by atoms with Crippen molar-refractivity contribution in [1.82, 2.24) is 14.8 Å². The van der Waals surface area contributed by atoms with E-state index in [2.05, 4.69) is 10.3 Å². The molecule has 0 saturated carbocycles. The smallest absolute Gasteiger partial charge is 0.321 e. The number of amides is 3. The fraction of sp³-hybridized carbons (Fsp3) is 0.435. The van der Waals surface area contributed by atoms with E-state index in [1.165, 1.54) is 5.56 Å². The molecule has 158 valence electrons. The van der Waals surface area contributed by atoms with Crippen LogP contribution in [-0.2, 0) is 4.79 Å². The molecule has 0 aliphatic carbocycles. The second-order valence-electron chi connectivity index (χ2n) is 8.31. The van der Waals surface area contributed by atoms with Crippen LogP contribution >= 0.6 is 0 Å². The summed E-state index contributed by atoms with van der Waals surface area (Å²) in [5.41, 5.74) is 1.91. The highest BCUT2D eigenvalue weighted by Gasteiger charge is 2.32. The minimum absolute atomic E-state index is 0.0118. The van der Waals surface area contributed by atoms with E-state index in [4.69, 9.17) is 4.74 Å². The zero-order valence-electron chi connectivity index (χ0n) is 17.5. The second kappa shape index (κ2) is 8.73. The minimum Gasteiger partial charge on any atom is -0.489 e. The van der Waals surface area contributed by atoms with Crippen molar-refractivity contribution >= 4 is 17.6 Å². The monoisotopic (exact) mass is 408 g/mol. The third-order valence-electron chi connectivity index (χ3n) is 5.68. The molecule has 2 aliphatic heterocycles. The first-order valence-electron chi connectivity index (χ1n) is 10.5. The van der Waals surface area contributed by atoms with Gasteiger partial charge in [0, 0.05) is 56.0 Å². The van der Waals surface area contributed by atoms with Gasteiger partial charge in [-0.15, -0.1) is 0 Å². The Hall–Kier alpha value is -3.09. The van der Waals surface area contributed by atoms with Crippen LogP contribution in [0.3, 0.4) is 0 Å². The van der Waals surface area contributed by atoms with E-state index in [9.17, 15) is 9.59 Å². The average Bonchev–Trinajstić information content (AvgIpc) is 3.17. The average molecular weight is 409 g/mol. The lowest BCUT2D eigenvalue weighted by Crippen LogP contribution is -2.50. The van der Waals surface area contributed by atoms with Crippen molar-refractivity contribution in [3.63, 3.8) is 0 Å². The predicted octanol–water partition coefficient (Wildman–Crippen LogP) is 3.35. The number of likely N-dealkylation sites (tertiary alicyclic amines) is 2. The maximum Gasteiger partial charge on any atom is 0.321 e. The molecule has 7 heteroatoms. The molecule has 7 nitrogen and oxygen atoms in total. The summed E-state index contributed by atoms with van der Waals surface area (Å²) in [5, 5.41) is 2.93. The summed E-state index contributed by atoms with van der Waals surface area (Å²) >= 11 is 0. The van der Waals surface area contributed by atoms with Gasteiger partial charge < -0.3 is 19.9 Å². The summed E-state index contributed by atoms with van der Waals surface area (Å²) in [6.45, 7) is 6.61. The molecule has 2 fully saturated rings. The van der Waals surface area contributed by atoms with Crippen molar-refractivity contribution in [2.45, 2.75) is 32.3 Å². The summed E-state index contributed by atoms with van der Waals surface area (Å²) in [6.07, 6.45) is 4.47. The molecule has 1 unspecified atom stereocenters. The van der Waals surface area contributed by atoms with Crippen LogP contribution in [0, 0.1) is 5.92 Å². The molecule has 0 bridgehead atoms. The lowest BCUT2D eigenvalue weighted by molar-refractivity contribution is -0.133. The Kier molecular flexibility index (Phi) is 5.88. The molecule has 1 N–H and O–H groups in total. The lowest BCUT2D eigenvalue weighted by atomic mass is 9.93. The number of carbonyl (C=O) groups is 2. The summed E-state index contributed by atoms with van der Waals surface area (Å²) in [5.74, 6) is 1.29. The second-order valence-corrected chi connectivity index (χ2v) is 8.31. The van der Waals surface area contributed by atoms with Gasteiger partial charge in [-0.05, 0) is 35.9 Å². The van der Waals surface area contributed by atoms with Crippen molar-refractivity contribution < 1.29 is 14.3 Å². The molecule has 2 aliphatic rings. The highest BCUT2D eigenvalue weighted by Crippen LogP contribution is 2.27. The van der Waals surface area contributed by atoms with Crippen LogP contribution in [0.25, 0.3) is 0 Å². The molecule has 1 aromatic heterocycles. The van der Waals surface area contributed by atoms with Gasteiger partial charge in [0.25, 0.3) is 0 Å². The number of carbonyl (C=O) groups excluding carboxylic acids is 2. The van der Waals surface area contributed by atoms with Crippen molar-refractivity contribution in [2.24, 2.45) is 5.92 Å². The Balaban J connectivity index is 1.23. The fourth-order valence-electron chi connectivity index (χ4n) is 3.87. The summed E-state index contributed by atoms with van der Waals surface area (Å²) in [6, 6.07) is 11.3. The van der Waals surface area contributed by atoms with Crippen LogP contribution in [-0.4, -0.2) is 59.0 Å². The first-order chi connectivity index (χ1) is 14.5. The third kappa shape index (κ3) is 4.56. The largest absolute Gasteiger partial charge is 0.489 e. The molecule has 1 aromatic carbocycles. The van der Waals surface area contributed by atoms with Crippen molar-refractivity contribution in [1.29, 1.82) is 0 Å². The number of urea groups is 1. The Bertz CT molecular complexity index is 879. The van der Waals surface area contributed by atoms with Gasteiger partial charge in [-0.1, -0.05) is 19.9 Å². The van der Waals surface area contributed by atoms with Gasteiger partial charge in [0.2, 0.25) is 5.91 Å².